The minimum absolute atomic E-state index is 0.0000737. The van der Waals surface area contributed by atoms with E-state index in [9.17, 15) is 9.36 Å². The molecule has 5 nitrogen and oxygen atoms in total. The first-order chi connectivity index (χ1) is 10.1. The Kier molecular flexibility index (Phi) is 5.88. The summed E-state index contributed by atoms with van der Waals surface area (Å²) in [7, 11) is -3.27. The number of amides is 1. The minimum atomic E-state index is -3.27. The molecular formula is C14H20NO4PS. The Bertz CT molecular complexity index is 515. The van der Waals surface area contributed by atoms with Gasteiger partial charge in [0.05, 0.1) is 19.0 Å². The molecule has 7 heteroatoms. The van der Waals surface area contributed by atoms with E-state index >= 15 is 0 Å². The molecule has 1 amide bonds. The third-order valence-electron chi connectivity index (χ3n) is 3.03. The van der Waals surface area contributed by atoms with Crippen molar-refractivity contribution in [1.29, 1.82) is 0 Å². The number of hydrogen-bond acceptors (Lipinski definition) is 5. The Morgan fingerprint density at radius 1 is 1.24 bits per heavy atom. The first-order valence-electron chi connectivity index (χ1n) is 6.93. The van der Waals surface area contributed by atoms with Crippen molar-refractivity contribution in [3.05, 3.63) is 35.9 Å². The molecule has 0 unspecified atom stereocenters. The van der Waals surface area contributed by atoms with Gasteiger partial charge >= 0.3 is 7.60 Å². The van der Waals surface area contributed by atoms with Crippen LogP contribution in [-0.2, 0) is 18.4 Å². The van der Waals surface area contributed by atoms with Gasteiger partial charge in [-0.25, -0.2) is 0 Å². The molecule has 1 saturated heterocycles. The van der Waals surface area contributed by atoms with Gasteiger partial charge in [-0.3, -0.25) is 9.36 Å². The molecule has 0 bridgehead atoms. The normalized spacial score (nSPS) is 19.2. The molecule has 0 saturated carbocycles. The highest BCUT2D eigenvalue weighted by atomic mass is 32.2. The van der Waals surface area contributed by atoms with Gasteiger partial charge in [0.2, 0.25) is 5.91 Å². The van der Waals surface area contributed by atoms with E-state index < -0.39 is 7.60 Å². The summed E-state index contributed by atoms with van der Waals surface area (Å²) in [5.41, 5.74) is 1.02. The minimum Gasteiger partial charge on any atom is -0.314 e. The summed E-state index contributed by atoms with van der Waals surface area (Å²) in [5.74, 6) is 0.353. The number of hydrogen-bond donors (Lipinski definition) is 0. The Labute approximate surface area is 129 Å². The highest BCUT2D eigenvalue weighted by molar-refractivity contribution is 8.00. The van der Waals surface area contributed by atoms with Gasteiger partial charge in [-0.2, -0.15) is 0 Å². The van der Waals surface area contributed by atoms with E-state index in [1.165, 1.54) is 11.8 Å². The number of carbonyl (C=O) groups excluding carboxylic acids is 1. The number of rotatable bonds is 7. The Hall–Kier alpha value is -0.810. The van der Waals surface area contributed by atoms with Crippen molar-refractivity contribution in [3.63, 3.8) is 0 Å². The van der Waals surface area contributed by atoms with Crippen molar-refractivity contribution in [2.24, 2.45) is 0 Å². The Balaban J connectivity index is 2.19. The Morgan fingerprint density at radius 3 is 2.43 bits per heavy atom. The van der Waals surface area contributed by atoms with Crippen LogP contribution in [0.1, 0.15) is 24.8 Å². The van der Waals surface area contributed by atoms with E-state index in [0.717, 1.165) is 5.56 Å². The second kappa shape index (κ2) is 7.45. The molecular weight excluding hydrogens is 309 g/mol. The highest BCUT2D eigenvalue weighted by Crippen LogP contribution is 2.52. The van der Waals surface area contributed by atoms with Crippen molar-refractivity contribution in [2.75, 3.05) is 25.3 Å². The molecule has 1 aromatic rings. The molecule has 1 aliphatic heterocycles. The third kappa shape index (κ3) is 4.10. The summed E-state index contributed by atoms with van der Waals surface area (Å²) in [6.45, 7) is 4.12. The fourth-order valence-corrected chi connectivity index (χ4v) is 5.22. The second-order valence-electron chi connectivity index (χ2n) is 4.53. The van der Waals surface area contributed by atoms with Crippen LogP contribution in [0.2, 0.25) is 0 Å². The summed E-state index contributed by atoms with van der Waals surface area (Å²) in [6.07, 6.45) is 0.0000737. The van der Waals surface area contributed by atoms with Crippen LogP contribution in [0.5, 0.6) is 0 Å². The van der Waals surface area contributed by atoms with Gasteiger partial charge in [-0.15, -0.1) is 11.8 Å². The Morgan fingerprint density at radius 2 is 1.86 bits per heavy atom. The fraction of sp³-hybridized carbons (Fsp3) is 0.500. The predicted octanol–water partition coefficient (Wildman–Crippen LogP) is 3.48. The topological polar surface area (TPSA) is 55.8 Å². The quantitative estimate of drug-likeness (QED) is 0.717. The van der Waals surface area contributed by atoms with Gasteiger partial charge in [0.1, 0.15) is 11.7 Å². The van der Waals surface area contributed by atoms with E-state index in [-0.39, 0.29) is 17.6 Å². The smallest absolute Gasteiger partial charge is 0.314 e. The molecule has 0 spiro atoms. The predicted molar refractivity (Wildman–Crippen MR) is 84.2 cm³/mol. The van der Waals surface area contributed by atoms with Crippen molar-refractivity contribution >= 4 is 25.3 Å². The molecule has 21 heavy (non-hydrogen) atoms. The van der Waals surface area contributed by atoms with Crippen molar-refractivity contribution < 1.29 is 18.4 Å². The van der Waals surface area contributed by atoms with Crippen LogP contribution < -0.4 is 0 Å². The molecule has 1 aromatic carbocycles. The molecule has 1 aliphatic rings. The van der Waals surface area contributed by atoms with E-state index in [4.69, 9.17) is 9.05 Å². The summed E-state index contributed by atoms with van der Waals surface area (Å²) in [6, 6.07) is 9.73. The van der Waals surface area contributed by atoms with E-state index in [2.05, 4.69) is 0 Å². The van der Waals surface area contributed by atoms with Crippen LogP contribution in [0, 0.1) is 0 Å². The van der Waals surface area contributed by atoms with Gasteiger partial charge in [-0.05, 0) is 19.4 Å². The van der Waals surface area contributed by atoms with Crippen molar-refractivity contribution in [3.8, 4) is 0 Å². The van der Waals surface area contributed by atoms with Gasteiger partial charge in [-0.1, -0.05) is 30.3 Å². The third-order valence-corrected chi connectivity index (χ3v) is 6.24. The molecule has 0 aromatic heterocycles. The number of thioether (sulfide) groups is 1. The largest absolute Gasteiger partial charge is 0.349 e. The van der Waals surface area contributed by atoms with Crippen molar-refractivity contribution in [2.45, 2.75) is 19.2 Å². The molecule has 2 rings (SSSR count). The lowest BCUT2D eigenvalue weighted by Crippen LogP contribution is -2.30. The number of carbonyl (C=O) groups is 1. The van der Waals surface area contributed by atoms with Crippen LogP contribution in [0.15, 0.2) is 30.3 Å². The zero-order chi connectivity index (χ0) is 15.3. The summed E-state index contributed by atoms with van der Waals surface area (Å²) in [5, 5.41) is -0.132. The highest BCUT2D eigenvalue weighted by Gasteiger charge is 2.38. The van der Waals surface area contributed by atoms with Crippen LogP contribution in [0.25, 0.3) is 0 Å². The lowest BCUT2D eigenvalue weighted by Gasteiger charge is -2.27. The summed E-state index contributed by atoms with van der Waals surface area (Å²) in [4.78, 5) is 13.7. The average molecular weight is 329 g/mol. The average Bonchev–Trinajstić information content (AvgIpc) is 2.81. The second-order valence-corrected chi connectivity index (χ2v) is 7.62. The van der Waals surface area contributed by atoms with Gasteiger partial charge in [0.25, 0.3) is 0 Å². The summed E-state index contributed by atoms with van der Waals surface area (Å²) < 4.78 is 23.2. The van der Waals surface area contributed by atoms with Crippen LogP contribution in [0.3, 0.4) is 0 Å². The van der Waals surface area contributed by atoms with Gasteiger partial charge in [0, 0.05) is 0 Å². The fourth-order valence-electron chi connectivity index (χ4n) is 2.20. The molecule has 1 heterocycles. The first kappa shape index (κ1) is 16.6. The number of benzene rings is 1. The zero-order valence-corrected chi connectivity index (χ0v) is 13.9. The monoisotopic (exact) mass is 329 g/mol. The van der Waals surface area contributed by atoms with Gasteiger partial charge in [0.15, 0.2) is 0 Å². The molecule has 116 valence electrons. The molecule has 0 aliphatic carbocycles. The lowest BCUT2D eigenvalue weighted by atomic mass is 10.2. The summed E-state index contributed by atoms with van der Waals surface area (Å²) >= 11 is 1.53. The first-order valence-corrected chi connectivity index (χ1v) is 9.71. The maximum absolute atomic E-state index is 12.6. The lowest BCUT2D eigenvalue weighted by molar-refractivity contribution is -0.127. The maximum atomic E-state index is 12.6. The molecule has 1 atom stereocenters. The van der Waals surface area contributed by atoms with Crippen LogP contribution >= 0.6 is 19.4 Å². The number of nitrogens with zero attached hydrogens (tertiary/aromatic N) is 1. The van der Waals surface area contributed by atoms with Crippen LogP contribution in [-0.4, -0.2) is 36.1 Å². The van der Waals surface area contributed by atoms with Gasteiger partial charge < -0.3 is 13.9 Å². The molecule has 0 radical (unpaired) electrons. The maximum Gasteiger partial charge on any atom is 0.349 e. The zero-order valence-electron chi connectivity index (χ0n) is 12.2. The molecule has 0 N–H and O–H groups in total. The molecule has 1 fully saturated rings. The van der Waals surface area contributed by atoms with E-state index in [1.54, 1.807) is 18.7 Å². The SMILES string of the molecule is CCOP(=O)(CN1C(=O)CS[C@H]1c1ccccc1)OCC. The van der Waals surface area contributed by atoms with E-state index in [1.807, 2.05) is 30.3 Å². The standard InChI is InChI=1S/C14H20NO4PS/c1-3-18-20(17,19-4-2)11-15-13(16)10-21-14(15)12-8-6-5-7-9-12/h5-9,14H,3-4,10-11H2,1-2H3/t14-/m0/s1. The van der Waals surface area contributed by atoms with E-state index in [0.29, 0.717) is 19.0 Å². The van der Waals surface area contributed by atoms with Crippen LogP contribution in [0.4, 0.5) is 0 Å². The van der Waals surface area contributed by atoms with Crippen molar-refractivity contribution in [1.82, 2.24) is 4.90 Å².